The lowest BCUT2D eigenvalue weighted by Crippen LogP contribution is -2.34. The van der Waals surface area contributed by atoms with E-state index in [-0.39, 0.29) is 0 Å². The molecule has 0 fully saturated rings. The molecule has 0 aliphatic carbocycles. The third-order valence-electron chi connectivity index (χ3n) is 3.88. The highest BCUT2D eigenvalue weighted by molar-refractivity contribution is 5.81. The summed E-state index contributed by atoms with van der Waals surface area (Å²) in [7, 11) is 6.29. The van der Waals surface area contributed by atoms with Gasteiger partial charge in [0.2, 0.25) is 0 Å². The quantitative estimate of drug-likeness (QED) is 0.810. The summed E-state index contributed by atoms with van der Waals surface area (Å²) in [6.45, 7) is 4.39. The first-order valence-electron chi connectivity index (χ1n) is 7.90. The number of hydrogen-bond acceptors (Lipinski definition) is 3. The summed E-state index contributed by atoms with van der Waals surface area (Å²) in [5, 5.41) is 9.68. The van der Waals surface area contributed by atoms with Crippen LogP contribution in [0.5, 0.6) is 0 Å². The second kappa shape index (κ2) is 7.57. The topological polar surface area (TPSA) is 33.1 Å². The molecule has 2 aromatic rings. The minimum Gasteiger partial charge on any atom is -0.314 e. The Kier molecular flexibility index (Phi) is 5.76. The molecule has 0 spiro atoms. The molecule has 1 unspecified atom stereocenters. The largest absolute Gasteiger partial charge is 0.314 e. The second-order valence-corrected chi connectivity index (χ2v) is 6.03. The lowest BCUT2D eigenvalue weighted by Gasteiger charge is -2.20. The smallest absolute Gasteiger partial charge is 0.0718 e. The van der Waals surface area contributed by atoms with Crippen LogP contribution < -0.4 is 5.32 Å². The Morgan fingerprint density at radius 2 is 2.05 bits per heavy atom. The molecule has 0 saturated heterocycles. The molecule has 116 valence electrons. The van der Waals surface area contributed by atoms with Crippen molar-refractivity contribution in [3.05, 3.63) is 30.0 Å². The average molecular weight is 288 g/mol. The molecule has 0 bridgehead atoms. The van der Waals surface area contributed by atoms with E-state index in [0.717, 1.165) is 25.9 Å². The molecule has 1 heterocycles. The lowest BCUT2D eigenvalue weighted by atomic mass is 10.0. The first-order chi connectivity index (χ1) is 10.1. The highest BCUT2D eigenvalue weighted by Gasteiger charge is 2.14. The van der Waals surface area contributed by atoms with E-state index in [4.69, 9.17) is 5.10 Å². The van der Waals surface area contributed by atoms with Gasteiger partial charge >= 0.3 is 0 Å². The summed E-state index contributed by atoms with van der Waals surface area (Å²) in [5.74, 6) is 0. The van der Waals surface area contributed by atoms with Crippen molar-refractivity contribution in [2.45, 2.75) is 32.2 Å². The van der Waals surface area contributed by atoms with Gasteiger partial charge in [0.25, 0.3) is 0 Å². The standard InChI is InChI=1S/C17H28N4/c1-5-11-18-14(10-12-20(2)3)13-16-15-8-6-7-9-17(15)21(4)19-16/h6-9,14,18H,5,10-13H2,1-4H3. The van der Waals surface area contributed by atoms with Gasteiger partial charge in [-0.3, -0.25) is 4.68 Å². The molecule has 2 rings (SSSR count). The normalized spacial score (nSPS) is 13.2. The SMILES string of the molecule is CCCNC(CCN(C)C)Cc1nn(C)c2ccccc12. The van der Waals surface area contributed by atoms with Crippen molar-refractivity contribution in [2.75, 3.05) is 27.2 Å². The van der Waals surface area contributed by atoms with Crippen LogP contribution in [-0.2, 0) is 13.5 Å². The molecule has 0 aliphatic heterocycles. The van der Waals surface area contributed by atoms with Crippen LogP contribution in [0.3, 0.4) is 0 Å². The van der Waals surface area contributed by atoms with Crippen LogP contribution in [0.15, 0.2) is 24.3 Å². The van der Waals surface area contributed by atoms with Gasteiger partial charge < -0.3 is 10.2 Å². The van der Waals surface area contributed by atoms with Gasteiger partial charge in [-0.25, -0.2) is 0 Å². The van der Waals surface area contributed by atoms with Gasteiger partial charge in [0, 0.05) is 24.9 Å². The Balaban J connectivity index is 2.13. The van der Waals surface area contributed by atoms with Gasteiger partial charge in [-0.15, -0.1) is 0 Å². The Morgan fingerprint density at radius 3 is 2.76 bits per heavy atom. The maximum absolute atomic E-state index is 4.73. The number of aryl methyl sites for hydroxylation is 1. The van der Waals surface area contributed by atoms with E-state index in [1.807, 2.05) is 11.7 Å². The van der Waals surface area contributed by atoms with Crippen molar-refractivity contribution < 1.29 is 0 Å². The van der Waals surface area contributed by atoms with Crippen molar-refractivity contribution in [2.24, 2.45) is 7.05 Å². The van der Waals surface area contributed by atoms with Gasteiger partial charge in [-0.2, -0.15) is 5.10 Å². The zero-order valence-electron chi connectivity index (χ0n) is 13.8. The summed E-state index contributed by atoms with van der Waals surface area (Å²) in [5.41, 5.74) is 2.43. The van der Waals surface area contributed by atoms with Crippen molar-refractivity contribution in [3.63, 3.8) is 0 Å². The summed E-state index contributed by atoms with van der Waals surface area (Å²) >= 11 is 0. The van der Waals surface area contributed by atoms with E-state index in [1.54, 1.807) is 0 Å². The van der Waals surface area contributed by atoms with Gasteiger partial charge in [0.05, 0.1) is 11.2 Å². The molecule has 1 aromatic heterocycles. The van der Waals surface area contributed by atoms with E-state index in [2.05, 4.69) is 55.5 Å². The van der Waals surface area contributed by atoms with Crippen LogP contribution >= 0.6 is 0 Å². The van der Waals surface area contributed by atoms with Crippen LogP contribution in [0.25, 0.3) is 10.9 Å². The Bertz CT molecular complexity index is 559. The molecule has 1 N–H and O–H groups in total. The van der Waals surface area contributed by atoms with Crippen molar-refractivity contribution in [1.29, 1.82) is 0 Å². The minimum atomic E-state index is 0.491. The zero-order chi connectivity index (χ0) is 15.2. The van der Waals surface area contributed by atoms with Crippen molar-refractivity contribution >= 4 is 10.9 Å². The fraction of sp³-hybridized carbons (Fsp3) is 0.588. The van der Waals surface area contributed by atoms with Crippen molar-refractivity contribution in [3.8, 4) is 0 Å². The van der Waals surface area contributed by atoms with E-state index in [9.17, 15) is 0 Å². The summed E-state index contributed by atoms with van der Waals surface area (Å²) in [4.78, 5) is 2.25. The van der Waals surface area contributed by atoms with E-state index < -0.39 is 0 Å². The Morgan fingerprint density at radius 1 is 1.29 bits per heavy atom. The monoisotopic (exact) mass is 288 g/mol. The van der Waals surface area contributed by atoms with Crippen LogP contribution in [0, 0.1) is 0 Å². The van der Waals surface area contributed by atoms with Gasteiger partial charge in [0.1, 0.15) is 0 Å². The molecule has 0 aliphatic rings. The third kappa shape index (κ3) is 4.29. The zero-order valence-corrected chi connectivity index (χ0v) is 13.8. The van der Waals surface area contributed by atoms with Crippen LogP contribution in [0.4, 0.5) is 0 Å². The summed E-state index contributed by atoms with van der Waals surface area (Å²) in [6, 6.07) is 8.99. The van der Waals surface area contributed by atoms with Gasteiger partial charge in [0.15, 0.2) is 0 Å². The lowest BCUT2D eigenvalue weighted by molar-refractivity contribution is 0.355. The van der Waals surface area contributed by atoms with E-state index in [1.165, 1.54) is 23.0 Å². The number of para-hydroxylation sites is 1. The highest BCUT2D eigenvalue weighted by Crippen LogP contribution is 2.19. The second-order valence-electron chi connectivity index (χ2n) is 6.03. The first-order valence-corrected chi connectivity index (χ1v) is 7.90. The summed E-state index contributed by atoms with van der Waals surface area (Å²) < 4.78 is 1.99. The maximum atomic E-state index is 4.73. The number of hydrogen-bond donors (Lipinski definition) is 1. The number of nitrogens with zero attached hydrogens (tertiary/aromatic N) is 3. The number of nitrogens with one attached hydrogen (secondary N) is 1. The number of aromatic nitrogens is 2. The molecule has 1 aromatic carbocycles. The van der Waals surface area contributed by atoms with Gasteiger partial charge in [-0.1, -0.05) is 25.1 Å². The molecule has 4 nitrogen and oxygen atoms in total. The number of benzene rings is 1. The molecule has 4 heteroatoms. The molecule has 1 atom stereocenters. The molecule has 0 amide bonds. The van der Waals surface area contributed by atoms with Crippen molar-refractivity contribution in [1.82, 2.24) is 20.0 Å². The molecule has 0 radical (unpaired) electrons. The van der Waals surface area contributed by atoms with E-state index >= 15 is 0 Å². The molecular weight excluding hydrogens is 260 g/mol. The Hall–Kier alpha value is -1.39. The molecule has 0 saturated carbocycles. The predicted molar refractivity (Wildman–Crippen MR) is 89.7 cm³/mol. The Labute approximate surface area is 128 Å². The minimum absolute atomic E-state index is 0.491. The fourth-order valence-electron chi connectivity index (χ4n) is 2.71. The average Bonchev–Trinajstić information content (AvgIpc) is 2.79. The first kappa shape index (κ1) is 16.0. The predicted octanol–water partition coefficient (Wildman–Crippen LogP) is 2.44. The van der Waals surface area contributed by atoms with Gasteiger partial charge in [-0.05, 0) is 46.1 Å². The third-order valence-corrected chi connectivity index (χ3v) is 3.88. The van der Waals surface area contributed by atoms with Crippen LogP contribution in [0.2, 0.25) is 0 Å². The van der Waals surface area contributed by atoms with Crippen LogP contribution in [-0.4, -0.2) is 47.9 Å². The highest BCUT2D eigenvalue weighted by atomic mass is 15.3. The summed E-state index contributed by atoms with van der Waals surface area (Å²) in [6.07, 6.45) is 3.31. The molecule has 21 heavy (non-hydrogen) atoms. The van der Waals surface area contributed by atoms with E-state index in [0.29, 0.717) is 6.04 Å². The fourth-order valence-corrected chi connectivity index (χ4v) is 2.71. The van der Waals surface area contributed by atoms with Crippen LogP contribution in [0.1, 0.15) is 25.5 Å². The maximum Gasteiger partial charge on any atom is 0.0718 e. The number of fused-ring (bicyclic) bond motifs is 1. The number of rotatable bonds is 8. The molecular formula is C17H28N4.